The Hall–Kier alpha value is -2.37. The monoisotopic (exact) mass is 234 g/mol. The number of carbonyl (C=O) groups excluding carboxylic acids is 1. The molecule has 1 N–H and O–H groups in total. The number of hydrogen-bond acceptors (Lipinski definition) is 4. The van der Waals surface area contributed by atoms with E-state index in [4.69, 9.17) is 0 Å². The Morgan fingerprint density at radius 2 is 2.06 bits per heavy atom. The molecule has 0 fully saturated rings. The lowest BCUT2D eigenvalue weighted by Crippen LogP contribution is -2.39. The summed E-state index contributed by atoms with van der Waals surface area (Å²) in [6, 6.07) is 4.40. The van der Waals surface area contributed by atoms with Gasteiger partial charge in [0.2, 0.25) is 0 Å². The van der Waals surface area contributed by atoms with Gasteiger partial charge in [-0.3, -0.25) is 13.9 Å². The van der Waals surface area contributed by atoms with Gasteiger partial charge < -0.3 is 9.90 Å². The van der Waals surface area contributed by atoms with Gasteiger partial charge in [-0.2, -0.15) is 0 Å². The SMILES string of the molecule is Cn1c(=O)n(CC=O)c(=O)c2cccc(O)c21. The third-order valence-corrected chi connectivity index (χ3v) is 2.60. The van der Waals surface area contributed by atoms with E-state index in [1.807, 2.05) is 0 Å². The molecule has 88 valence electrons. The predicted octanol–water partition coefficient (Wildman–Crippen LogP) is -0.395. The van der Waals surface area contributed by atoms with E-state index < -0.39 is 11.2 Å². The maximum absolute atomic E-state index is 11.9. The number of nitrogens with zero attached hydrogens (tertiary/aromatic N) is 2. The molecule has 6 nitrogen and oxygen atoms in total. The van der Waals surface area contributed by atoms with Crippen LogP contribution in [0.15, 0.2) is 27.8 Å². The van der Waals surface area contributed by atoms with Crippen molar-refractivity contribution >= 4 is 17.2 Å². The van der Waals surface area contributed by atoms with Crippen LogP contribution in [0.1, 0.15) is 0 Å². The van der Waals surface area contributed by atoms with Crippen molar-refractivity contribution in [3.8, 4) is 5.75 Å². The van der Waals surface area contributed by atoms with Gasteiger partial charge in [0, 0.05) is 7.05 Å². The lowest BCUT2D eigenvalue weighted by atomic mass is 10.2. The van der Waals surface area contributed by atoms with Gasteiger partial charge in [-0.1, -0.05) is 6.07 Å². The Balaban J connectivity index is 3.06. The topological polar surface area (TPSA) is 81.3 Å². The quantitative estimate of drug-likeness (QED) is 0.717. The lowest BCUT2D eigenvalue weighted by molar-refractivity contribution is -0.108. The molecule has 0 aliphatic carbocycles. The summed E-state index contributed by atoms with van der Waals surface area (Å²) >= 11 is 0. The van der Waals surface area contributed by atoms with Gasteiger partial charge in [0.05, 0.1) is 17.4 Å². The average molecular weight is 234 g/mol. The van der Waals surface area contributed by atoms with E-state index in [2.05, 4.69) is 0 Å². The van der Waals surface area contributed by atoms with Crippen molar-refractivity contribution in [1.29, 1.82) is 0 Å². The summed E-state index contributed by atoms with van der Waals surface area (Å²) in [6.45, 7) is -0.295. The summed E-state index contributed by atoms with van der Waals surface area (Å²) in [4.78, 5) is 34.2. The number of benzene rings is 1. The zero-order chi connectivity index (χ0) is 12.6. The van der Waals surface area contributed by atoms with Crippen LogP contribution in [-0.4, -0.2) is 20.5 Å². The van der Waals surface area contributed by atoms with Gasteiger partial charge in [-0.25, -0.2) is 4.79 Å². The number of para-hydroxylation sites is 1. The highest BCUT2D eigenvalue weighted by atomic mass is 16.3. The molecule has 1 heterocycles. The summed E-state index contributed by atoms with van der Waals surface area (Å²) in [6.07, 6.45) is 0.484. The summed E-state index contributed by atoms with van der Waals surface area (Å²) in [5, 5.41) is 9.85. The van der Waals surface area contributed by atoms with Crippen LogP contribution in [0.4, 0.5) is 0 Å². The molecule has 0 aliphatic heterocycles. The Morgan fingerprint density at radius 1 is 1.35 bits per heavy atom. The van der Waals surface area contributed by atoms with Crippen LogP contribution in [0.2, 0.25) is 0 Å². The number of aldehydes is 1. The summed E-state index contributed by atoms with van der Waals surface area (Å²) < 4.78 is 1.98. The fourth-order valence-corrected chi connectivity index (χ4v) is 1.80. The van der Waals surface area contributed by atoms with Crippen LogP contribution < -0.4 is 11.2 Å². The van der Waals surface area contributed by atoms with Crippen LogP contribution in [0.3, 0.4) is 0 Å². The molecule has 1 aromatic heterocycles. The van der Waals surface area contributed by atoms with Crippen molar-refractivity contribution in [2.75, 3.05) is 0 Å². The number of fused-ring (bicyclic) bond motifs is 1. The second kappa shape index (κ2) is 3.89. The standard InChI is InChI=1S/C11H10N2O4/c1-12-9-7(3-2-4-8(9)15)10(16)13(5-6-14)11(12)17/h2-4,6,15H,5H2,1H3. The highest BCUT2D eigenvalue weighted by molar-refractivity contribution is 5.83. The average Bonchev–Trinajstić information content (AvgIpc) is 2.31. The molecule has 0 radical (unpaired) electrons. The molecule has 6 heteroatoms. The zero-order valence-electron chi connectivity index (χ0n) is 9.08. The van der Waals surface area contributed by atoms with Crippen LogP contribution in [0.25, 0.3) is 10.9 Å². The number of phenolic OH excluding ortho intramolecular Hbond substituents is 1. The highest BCUT2D eigenvalue weighted by Gasteiger charge is 2.12. The van der Waals surface area contributed by atoms with Gasteiger partial charge >= 0.3 is 5.69 Å². The van der Waals surface area contributed by atoms with E-state index in [1.165, 1.54) is 25.2 Å². The number of aromatic hydroxyl groups is 1. The van der Waals surface area contributed by atoms with E-state index in [0.29, 0.717) is 6.29 Å². The summed E-state index contributed by atoms with van der Waals surface area (Å²) in [5.74, 6) is -0.141. The largest absolute Gasteiger partial charge is 0.506 e. The van der Waals surface area contributed by atoms with Crippen LogP contribution in [0.5, 0.6) is 5.75 Å². The first-order valence-electron chi connectivity index (χ1n) is 4.93. The number of carbonyl (C=O) groups is 1. The second-order valence-electron chi connectivity index (χ2n) is 3.60. The number of aryl methyl sites for hydroxylation is 1. The third kappa shape index (κ3) is 1.54. The highest BCUT2D eigenvalue weighted by Crippen LogP contribution is 2.19. The van der Waals surface area contributed by atoms with Gasteiger partial charge in [0.25, 0.3) is 5.56 Å². The summed E-state index contributed by atoms with van der Waals surface area (Å²) in [7, 11) is 1.44. The Bertz CT molecular complexity index is 712. The fraction of sp³-hybridized carbons (Fsp3) is 0.182. The van der Waals surface area contributed by atoms with Gasteiger partial charge in [0.1, 0.15) is 12.0 Å². The molecular formula is C11H10N2O4. The second-order valence-corrected chi connectivity index (χ2v) is 3.60. The number of phenols is 1. The third-order valence-electron chi connectivity index (χ3n) is 2.60. The molecule has 0 saturated carbocycles. The van der Waals surface area contributed by atoms with Crippen LogP contribution in [0, 0.1) is 0 Å². The molecule has 17 heavy (non-hydrogen) atoms. The lowest BCUT2D eigenvalue weighted by Gasteiger charge is -2.09. The first kappa shape index (κ1) is 11.1. The van der Waals surface area contributed by atoms with E-state index in [-0.39, 0.29) is 23.2 Å². The zero-order valence-corrected chi connectivity index (χ0v) is 9.08. The van der Waals surface area contributed by atoms with Crippen molar-refractivity contribution in [1.82, 2.24) is 9.13 Å². The van der Waals surface area contributed by atoms with Crippen molar-refractivity contribution in [2.45, 2.75) is 6.54 Å². The number of rotatable bonds is 2. The molecular weight excluding hydrogens is 224 g/mol. The van der Waals surface area contributed by atoms with Crippen molar-refractivity contribution < 1.29 is 9.90 Å². The van der Waals surface area contributed by atoms with E-state index in [1.54, 1.807) is 0 Å². The molecule has 2 aromatic rings. The molecule has 0 amide bonds. The van der Waals surface area contributed by atoms with E-state index in [9.17, 15) is 19.5 Å². The van der Waals surface area contributed by atoms with Gasteiger partial charge in [-0.05, 0) is 12.1 Å². The Labute approximate surface area is 95.3 Å². The minimum Gasteiger partial charge on any atom is -0.506 e. The molecule has 0 saturated heterocycles. The summed E-state index contributed by atoms with van der Waals surface area (Å²) in [5.41, 5.74) is -1.04. The Kier molecular flexibility index (Phi) is 2.55. The number of aromatic nitrogens is 2. The normalized spacial score (nSPS) is 10.6. The van der Waals surface area contributed by atoms with Gasteiger partial charge in [0.15, 0.2) is 0 Å². The first-order valence-corrected chi connectivity index (χ1v) is 4.93. The van der Waals surface area contributed by atoms with Crippen LogP contribution >= 0.6 is 0 Å². The maximum atomic E-state index is 11.9. The van der Waals surface area contributed by atoms with E-state index >= 15 is 0 Å². The van der Waals surface area contributed by atoms with E-state index in [0.717, 1.165) is 9.13 Å². The van der Waals surface area contributed by atoms with Crippen molar-refractivity contribution in [3.63, 3.8) is 0 Å². The molecule has 2 rings (SSSR count). The minimum absolute atomic E-state index is 0.141. The molecule has 0 unspecified atom stereocenters. The molecule has 1 aromatic carbocycles. The molecule has 0 spiro atoms. The Morgan fingerprint density at radius 3 is 2.71 bits per heavy atom. The number of hydrogen-bond donors (Lipinski definition) is 1. The van der Waals surface area contributed by atoms with Gasteiger partial charge in [-0.15, -0.1) is 0 Å². The van der Waals surface area contributed by atoms with Crippen molar-refractivity contribution in [3.05, 3.63) is 39.0 Å². The fourth-order valence-electron chi connectivity index (χ4n) is 1.80. The maximum Gasteiger partial charge on any atom is 0.331 e. The molecule has 0 aliphatic rings. The molecule has 0 atom stereocenters. The van der Waals surface area contributed by atoms with Crippen molar-refractivity contribution in [2.24, 2.45) is 7.05 Å². The predicted molar refractivity (Wildman–Crippen MR) is 61.2 cm³/mol. The smallest absolute Gasteiger partial charge is 0.331 e. The minimum atomic E-state index is -0.629. The molecule has 0 bridgehead atoms. The van der Waals surface area contributed by atoms with Crippen LogP contribution in [-0.2, 0) is 18.4 Å². The first-order chi connectivity index (χ1) is 8.07.